The summed E-state index contributed by atoms with van der Waals surface area (Å²) in [6.07, 6.45) is -0.237. The zero-order valence-electron chi connectivity index (χ0n) is 15.2. The fourth-order valence-corrected chi connectivity index (χ4v) is 4.32. The Morgan fingerprint density at radius 2 is 1.89 bits per heavy atom. The van der Waals surface area contributed by atoms with Gasteiger partial charge in [0.15, 0.2) is 11.9 Å². The Bertz CT molecular complexity index is 747. The van der Waals surface area contributed by atoms with Gasteiger partial charge in [-0.15, -0.1) is 11.3 Å². The molecule has 3 rings (SSSR count). The highest BCUT2D eigenvalue weighted by Gasteiger charge is 2.38. The van der Waals surface area contributed by atoms with Gasteiger partial charge in [0.1, 0.15) is 6.10 Å². The van der Waals surface area contributed by atoms with Gasteiger partial charge in [-0.2, -0.15) is 0 Å². The molecule has 2 aromatic rings. The summed E-state index contributed by atoms with van der Waals surface area (Å²) in [7, 11) is 0. The Balaban J connectivity index is 1.56. The number of Topliss-reactive ketones (excluding diaryl/α,β-unsaturated/α-hetero) is 1. The third kappa shape index (κ3) is 4.83. The van der Waals surface area contributed by atoms with Gasteiger partial charge in [-0.1, -0.05) is 36.4 Å². The number of nitrogens with zero attached hydrogens (tertiary/aromatic N) is 1. The summed E-state index contributed by atoms with van der Waals surface area (Å²) in [5.41, 5.74) is 1.01. The molecule has 2 N–H and O–H groups in total. The first-order valence-corrected chi connectivity index (χ1v) is 10.2. The number of carbonyl (C=O) groups is 2. The van der Waals surface area contributed by atoms with Crippen molar-refractivity contribution in [3.63, 3.8) is 0 Å². The van der Waals surface area contributed by atoms with Crippen molar-refractivity contribution in [3.05, 3.63) is 58.3 Å². The molecule has 6 heteroatoms. The fraction of sp³-hybridized carbons (Fsp3) is 0.429. The van der Waals surface area contributed by atoms with Gasteiger partial charge in [-0.3, -0.25) is 9.59 Å². The SMILES string of the molecule is O=C(CCCc1cccs1)[C@H](O)[C@@H](O)C(=O)N1CCC[C@H]1c1ccccc1. The van der Waals surface area contributed by atoms with E-state index in [4.69, 9.17) is 0 Å². The minimum absolute atomic E-state index is 0.116. The molecule has 1 aromatic carbocycles. The quantitative estimate of drug-likeness (QED) is 0.730. The van der Waals surface area contributed by atoms with Gasteiger partial charge in [0.25, 0.3) is 5.91 Å². The van der Waals surface area contributed by atoms with Crippen molar-refractivity contribution in [2.45, 2.75) is 50.4 Å². The van der Waals surface area contributed by atoms with Crippen LogP contribution in [0.4, 0.5) is 0 Å². The van der Waals surface area contributed by atoms with E-state index >= 15 is 0 Å². The molecule has 3 atom stereocenters. The number of likely N-dealkylation sites (tertiary alicyclic amines) is 1. The van der Waals surface area contributed by atoms with E-state index in [0.29, 0.717) is 13.0 Å². The Morgan fingerprint density at radius 1 is 1.11 bits per heavy atom. The van der Waals surface area contributed by atoms with Crippen molar-refractivity contribution in [1.29, 1.82) is 0 Å². The zero-order valence-corrected chi connectivity index (χ0v) is 16.0. The number of aliphatic hydroxyl groups excluding tert-OH is 2. The number of aliphatic hydroxyl groups is 2. The third-order valence-corrected chi connectivity index (χ3v) is 5.96. The van der Waals surface area contributed by atoms with Crippen LogP contribution in [0.3, 0.4) is 0 Å². The Labute approximate surface area is 163 Å². The van der Waals surface area contributed by atoms with Gasteiger partial charge in [-0.25, -0.2) is 0 Å². The summed E-state index contributed by atoms with van der Waals surface area (Å²) in [6.45, 7) is 0.523. The molecule has 1 aliphatic heterocycles. The first-order valence-electron chi connectivity index (χ1n) is 9.34. The second-order valence-electron chi connectivity index (χ2n) is 6.89. The highest BCUT2D eigenvalue weighted by molar-refractivity contribution is 7.09. The lowest BCUT2D eigenvalue weighted by Crippen LogP contribution is -2.47. The maximum atomic E-state index is 12.7. The van der Waals surface area contributed by atoms with Crippen molar-refractivity contribution >= 4 is 23.0 Å². The molecular formula is C21H25NO4S. The molecule has 0 aliphatic carbocycles. The maximum absolute atomic E-state index is 12.7. The van der Waals surface area contributed by atoms with Crippen molar-refractivity contribution in [2.24, 2.45) is 0 Å². The van der Waals surface area contributed by atoms with E-state index in [9.17, 15) is 19.8 Å². The lowest BCUT2D eigenvalue weighted by molar-refractivity contribution is -0.153. The zero-order chi connectivity index (χ0) is 19.2. The highest BCUT2D eigenvalue weighted by atomic mass is 32.1. The largest absolute Gasteiger partial charge is 0.382 e. The summed E-state index contributed by atoms with van der Waals surface area (Å²) >= 11 is 1.63. The lowest BCUT2D eigenvalue weighted by Gasteiger charge is -2.28. The van der Waals surface area contributed by atoms with E-state index < -0.39 is 23.9 Å². The van der Waals surface area contributed by atoms with Gasteiger partial charge in [0.2, 0.25) is 0 Å². The van der Waals surface area contributed by atoms with Gasteiger partial charge in [-0.05, 0) is 42.7 Å². The molecule has 1 amide bonds. The van der Waals surface area contributed by atoms with Crippen LogP contribution in [-0.4, -0.2) is 45.6 Å². The van der Waals surface area contributed by atoms with E-state index in [0.717, 1.165) is 24.8 Å². The van der Waals surface area contributed by atoms with Gasteiger partial charge in [0, 0.05) is 17.8 Å². The monoisotopic (exact) mass is 387 g/mol. The van der Waals surface area contributed by atoms with Crippen molar-refractivity contribution in [3.8, 4) is 0 Å². The predicted molar refractivity (Wildman–Crippen MR) is 104 cm³/mol. The number of amides is 1. The first kappa shape index (κ1) is 19.7. The van der Waals surface area contributed by atoms with E-state index in [1.165, 1.54) is 4.88 Å². The number of rotatable bonds is 8. The molecule has 2 heterocycles. The van der Waals surface area contributed by atoms with Crippen molar-refractivity contribution in [1.82, 2.24) is 4.90 Å². The van der Waals surface area contributed by atoms with Crippen LogP contribution in [-0.2, 0) is 16.0 Å². The Kier molecular flexibility index (Phi) is 6.77. The molecule has 1 aromatic heterocycles. The molecule has 0 radical (unpaired) electrons. The smallest absolute Gasteiger partial charge is 0.255 e. The maximum Gasteiger partial charge on any atom is 0.255 e. The van der Waals surface area contributed by atoms with Gasteiger partial charge >= 0.3 is 0 Å². The van der Waals surface area contributed by atoms with Crippen LogP contribution in [0, 0.1) is 0 Å². The second-order valence-corrected chi connectivity index (χ2v) is 7.92. The van der Waals surface area contributed by atoms with Crippen LogP contribution < -0.4 is 0 Å². The lowest BCUT2D eigenvalue weighted by atomic mass is 10.0. The van der Waals surface area contributed by atoms with E-state index in [-0.39, 0.29) is 12.5 Å². The normalized spacial score (nSPS) is 19.0. The minimum Gasteiger partial charge on any atom is -0.382 e. The highest BCUT2D eigenvalue weighted by Crippen LogP contribution is 2.32. The number of aryl methyl sites for hydroxylation is 1. The molecule has 0 spiro atoms. The molecule has 1 fully saturated rings. The molecule has 1 aliphatic rings. The number of hydrogen-bond donors (Lipinski definition) is 2. The van der Waals surface area contributed by atoms with Crippen molar-refractivity contribution < 1.29 is 19.8 Å². The summed E-state index contributed by atoms with van der Waals surface area (Å²) in [6, 6.07) is 13.5. The number of benzene rings is 1. The summed E-state index contributed by atoms with van der Waals surface area (Å²) in [5.74, 6) is -1.05. The molecule has 0 bridgehead atoms. The van der Waals surface area contributed by atoms with Gasteiger partial charge < -0.3 is 15.1 Å². The van der Waals surface area contributed by atoms with E-state index in [1.54, 1.807) is 16.2 Å². The topological polar surface area (TPSA) is 77.8 Å². The standard InChI is InChI=1S/C21H25NO4S/c23-18(12-4-9-16-10-6-14-27-16)19(24)20(25)21(26)22-13-5-11-17(22)15-7-2-1-3-8-15/h1-3,6-8,10,14,17,19-20,24-25H,4-5,9,11-13H2/t17-,19-,20+/m0/s1. The molecule has 5 nitrogen and oxygen atoms in total. The van der Waals surface area contributed by atoms with Crippen LogP contribution >= 0.6 is 11.3 Å². The summed E-state index contributed by atoms with van der Waals surface area (Å²) < 4.78 is 0. The van der Waals surface area contributed by atoms with Crippen LogP contribution in [0.5, 0.6) is 0 Å². The average Bonchev–Trinajstić information content (AvgIpc) is 3.38. The number of ketones is 1. The fourth-order valence-electron chi connectivity index (χ4n) is 3.57. The van der Waals surface area contributed by atoms with Crippen LogP contribution in [0.1, 0.15) is 42.2 Å². The third-order valence-electron chi connectivity index (χ3n) is 5.03. The molecule has 0 saturated carbocycles. The summed E-state index contributed by atoms with van der Waals surface area (Å²) in [5, 5.41) is 22.5. The Hall–Kier alpha value is -2.02. The molecule has 1 saturated heterocycles. The first-order chi connectivity index (χ1) is 13.1. The van der Waals surface area contributed by atoms with Gasteiger partial charge in [0.05, 0.1) is 6.04 Å². The number of hydrogen-bond acceptors (Lipinski definition) is 5. The number of carbonyl (C=O) groups excluding carboxylic acids is 2. The minimum atomic E-state index is -1.71. The van der Waals surface area contributed by atoms with Crippen molar-refractivity contribution in [2.75, 3.05) is 6.54 Å². The molecule has 144 valence electrons. The Morgan fingerprint density at radius 3 is 2.59 bits per heavy atom. The van der Waals surface area contributed by atoms with E-state index in [2.05, 4.69) is 0 Å². The van der Waals surface area contributed by atoms with Crippen LogP contribution in [0.25, 0.3) is 0 Å². The van der Waals surface area contributed by atoms with E-state index in [1.807, 2.05) is 47.8 Å². The number of thiophene rings is 1. The molecular weight excluding hydrogens is 362 g/mol. The molecule has 0 unspecified atom stereocenters. The summed E-state index contributed by atoms with van der Waals surface area (Å²) in [4.78, 5) is 27.7. The average molecular weight is 388 g/mol. The molecule has 27 heavy (non-hydrogen) atoms. The van der Waals surface area contributed by atoms with Crippen LogP contribution in [0.2, 0.25) is 0 Å². The van der Waals surface area contributed by atoms with Crippen LogP contribution in [0.15, 0.2) is 47.8 Å². The second kappa shape index (κ2) is 9.26. The predicted octanol–water partition coefficient (Wildman–Crippen LogP) is 2.73.